The molecule has 0 saturated carbocycles. The maximum atomic E-state index is 12.2. The summed E-state index contributed by atoms with van der Waals surface area (Å²) in [7, 11) is 0. The number of hydrogen-bond donors (Lipinski definition) is 1. The van der Waals surface area contributed by atoms with E-state index in [0.29, 0.717) is 16.4 Å². The lowest BCUT2D eigenvalue weighted by Crippen LogP contribution is -2.14. The summed E-state index contributed by atoms with van der Waals surface area (Å²) >= 11 is 1.25. The van der Waals surface area contributed by atoms with Gasteiger partial charge in [0.15, 0.2) is 0 Å². The quantitative estimate of drug-likeness (QED) is 0.699. The van der Waals surface area contributed by atoms with Gasteiger partial charge in [-0.25, -0.2) is 0 Å². The second kappa shape index (κ2) is 7.80. The molecule has 0 spiro atoms. The maximum Gasteiger partial charge on any atom is 0.234 e. The Morgan fingerprint density at radius 3 is 2.88 bits per heavy atom. The fraction of sp³-hybridized carbons (Fsp3) is 0.167. The van der Waals surface area contributed by atoms with Crippen LogP contribution >= 0.6 is 11.8 Å². The molecule has 7 nitrogen and oxygen atoms in total. The number of rotatable bonds is 5. The minimum Gasteiger partial charge on any atom is -0.325 e. The number of tetrazole rings is 1. The van der Waals surface area contributed by atoms with Crippen molar-refractivity contribution >= 4 is 23.4 Å². The minimum atomic E-state index is -0.194. The van der Waals surface area contributed by atoms with Crippen molar-refractivity contribution in [3.8, 4) is 11.8 Å². The van der Waals surface area contributed by atoms with Gasteiger partial charge in [-0.1, -0.05) is 35.5 Å². The molecule has 130 valence electrons. The molecule has 0 aliphatic carbocycles. The lowest BCUT2D eigenvalue weighted by atomic mass is 10.1. The highest BCUT2D eigenvalue weighted by Crippen LogP contribution is 2.21. The van der Waals surface area contributed by atoms with Gasteiger partial charge in [-0.15, -0.1) is 5.10 Å². The third-order valence-electron chi connectivity index (χ3n) is 3.63. The Bertz CT molecular complexity index is 991. The Morgan fingerprint density at radius 1 is 1.27 bits per heavy atom. The highest BCUT2D eigenvalue weighted by atomic mass is 32.2. The SMILES string of the molecule is Cc1ccc(-n2nnnc2SCC(=O)Nc2cccc(C#N)c2)c(C)c1. The maximum absolute atomic E-state index is 12.2. The number of aryl methyl sites for hydroxylation is 2. The number of carbonyl (C=O) groups excluding carboxylic acids is 1. The Morgan fingerprint density at radius 2 is 2.12 bits per heavy atom. The molecule has 8 heteroatoms. The number of nitrogens with one attached hydrogen (secondary N) is 1. The first-order valence-electron chi connectivity index (χ1n) is 7.85. The number of thioether (sulfide) groups is 1. The van der Waals surface area contributed by atoms with E-state index in [9.17, 15) is 4.79 Å². The molecule has 3 aromatic rings. The number of nitriles is 1. The molecule has 0 aliphatic heterocycles. The highest BCUT2D eigenvalue weighted by Gasteiger charge is 2.13. The molecular weight excluding hydrogens is 348 g/mol. The molecule has 1 amide bonds. The van der Waals surface area contributed by atoms with Crippen molar-refractivity contribution in [3.63, 3.8) is 0 Å². The molecule has 1 heterocycles. The van der Waals surface area contributed by atoms with Crippen LogP contribution in [0.1, 0.15) is 16.7 Å². The summed E-state index contributed by atoms with van der Waals surface area (Å²) in [4.78, 5) is 12.2. The van der Waals surface area contributed by atoms with Gasteiger partial charge in [0.2, 0.25) is 11.1 Å². The summed E-state index contributed by atoms with van der Waals surface area (Å²) in [5.74, 6) is -0.0394. The van der Waals surface area contributed by atoms with E-state index in [0.717, 1.165) is 16.8 Å². The van der Waals surface area contributed by atoms with Gasteiger partial charge in [0.1, 0.15) is 0 Å². The zero-order chi connectivity index (χ0) is 18.5. The van der Waals surface area contributed by atoms with E-state index in [-0.39, 0.29) is 11.7 Å². The number of amides is 1. The van der Waals surface area contributed by atoms with Crippen LogP contribution in [-0.4, -0.2) is 31.9 Å². The van der Waals surface area contributed by atoms with E-state index in [1.54, 1.807) is 28.9 Å². The number of anilines is 1. The van der Waals surface area contributed by atoms with Crippen LogP contribution in [0.25, 0.3) is 5.69 Å². The molecule has 0 unspecified atom stereocenters. The molecule has 0 aliphatic rings. The third-order valence-corrected chi connectivity index (χ3v) is 4.55. The molecular formula is C18H16N6OS. The van der Waals surface area contributed by atoms with Crippen LogP contribution in [0.2, 0.25) is 0 Å². The highest BCUT2D eigenvalue weighted by molar-refractivity contribution is 7.99. The van der Waals surface area contributed by atoms with Gasteiger partial charge < -0.3 is 5.32 Å². The standard InChI is InChI=1S/C18H16N6OS/c1-12-6-7-16(13(2)8-12)24-18(21-22-23-24)26-11-17(25)20-15-5-3-4-14(9-15)10-19/h3-9H,11H2,1-2H3,(H,20,25). The van der Waals surface area contributed by atoms with Crippen molar-refractivity contribution in [2.45, 2.75) is 19.0 Å². The van der Waals surface area contributed by atoms with Gasteiger partial charge in [0.05, 0.1) is 23.1 Å². The monoisotopic (exact) mass is 364 g/mol. The first kappa shape index (κ1) is 17.6. The van der Waals surface area contributed by atoms with Crippen LogP contribution in [0.5, 0.6) is 0 Å². The van der Waals surface area contributed by atoms with Crippen LogP contribution in [0, 0.1) is 25.2 Å². The normalized spacial score (nSPS) is 10.3. The molecule has 0 saturated heterocycles. The summed E-state index contributed by atoms with van der Waals surface area (Å²) in [6, 6.07) is 14.8. The Kier molecular flexibility index (Phi) is 5.29. The number of carbonyl (C=O) groups is 1. The van der Waals surface area contributed by atoms with Gasteiger partial charge in [0.25, 0.3) is 0 Å². The largest absolute Gasteiger partial charge is 0.325 e. The summed E-state index contributed by atoms with van der Waals surface area (Å²) in [6.45, 7) is 4.02. The molecule has 3 rings (SSSR count). The van der Waals surface area contributed by atoms with E-state index >= 15 is 0 Å². The van der Waals surface area contributed by atoms with Gasteiger partial charge in [-0.3, -0.25) is 4.79 Å². The second-order valence-corrected chi connectivity index (χ2v) is 6.64. The summed E-state index contributed by atoms with van der Waals surface area (Å²) in [5.41, 5.74) is 4.17. The molecule has 1 N–H and O–H groups in total. The fourth-order valence-electron chi connectivity index (χ4n) is 2.46. The Labute approximate surface area is 155 Å². The fourth-order valence-corrected chi connectivity index (χ4v) is 3.14. The van der Waals surface area contributed by atoms with Crippen LogP contribution < -0.4 is 5.32 Å². The van der Waals surface area contributed by atoms with Crippen molar-refractivity contribution in [1.29, 1.82) is 5.26 Å². The minimum absolute atomic E-state index is 0.155. The van der Waals surface area contributed by atoms with Crippen molar-refractivity contribution in [3.05, 3.63) is 59.2 Å². The number of nitrogens with zero attached hydrogens (tertiary/aromatic N) is 5. The average molecular weight is 364 g/mol. The van der Waals surface area contributed by atoms with Crippen molar-refractivity contribution in [1.82, 2.24) is 20.2 Å². The summed E-state index contributed by atoms with van der Waals surface area (Å²) in [5, 5.41) is 24.0. The van der Waals surface area contributed by atoms with Gasteiger partial charge in [-0.2, -0.15) is 9.94 Å². The first-order valence-corrected chi connectivity index (χ1v) is 8.84. The Hall–Kier alpha value is -3.18. The third kappa shape index (κ3) is 4.07. The number of benzene rings is 2. The van der Waals surface area contributed by atoms with Gasteiger partial charge in [0, 0.05) is 5.69 Å². The van der Waals surface area contributed by atoms with Gasteiger partial charge >= 0.3 is 0 Å². The van der Waals surface area contributed by atoms with E-state index in [1.165, 1.54) is 11.8 Å². The van der Waals surface area contributed by atoms with E-state index in [4.69, 9.17) is 5.26 Å². The first-order chi connectivity index (χ1) is 12.6. The zero-order valence-corrected chi connectivity index (χ0v) is 15.1. The van der Waals surface area contributed by atoms with E-state index in [1.807, 2.05) is 32.0 Å². The molecule has 0 atom stereocenters. The second-order valence-electron chi connectivity index (χ2n) is 5.69. The van der Waals surface area contributed by atoms with Crippen molar-refractivity contribution in [2.75, 3.05) is 11.1 Å². The van der Waals surface area contributed by atoms with Crippen LogP contribution in [0.3, 0.4) is 0 Å². The molecule has 0 radical (unpaired) electrons. The van der Waals surface area contributed by atoms with Crippen LogP contribution in [-0.2, 0) is 4.79 Å². The van der Waals surface area contributed by atoms with Crippen LogP contribution in [0.4, 0.5) is 5.69 Å². The summed E-state index contributed by atoms with van der Waals surface area (Å²) in [6.07, 6.45) is 0. The van der Waals surface area contributed by atoms with Gasteiger partial charge in [-0.05, 0) is 54.1 Å². The molecule has 0 bridgehead atoms. The van der Waals surface area contributed by atoms with E-state index < -0.39 is 0 Å². The lowest BCUT2D eigenvalue weighted by molar-refractivity contribution is -0.113. The average Bonchev–Trinajstić information content (AvgIpc) is 3.08. The molecule has 0 fully saturated rings. The predicted octanol–water partition coefficient (Wildman–Crippen LogP) is 2.88. The lowest BCUT2D eigenvalue weighted by Gasteiger charge is -2.08. The molecule has 2 aromatic carbocycles. The number of hydrogen-bond acceptors (Lipinski definition) is 6. The van der Waals surface area contributed by atoms with E-state index in [2.05, 4.69) is 26.9 Å². The smallest absolute Gasteiger partial charge is 0.234 e. The number of aromatic nitrogens is 4. The zero-order valence-electron chi connectivity index (χ0n) is 14.3. The topological polar surface area (TPSA) is 96.5 Å². The van der Waals surface area contributed by atoms with Crippen molar-refractivity contribution in [2.24, 2.45) is 0 Å². The Balaban J connectivity index is 1.68. The summed E-state index contributed by atoms with van der Waals surface area (Å²) < 4.78 is 1.63. The van der Waals surface area contributed by atoms with Crippen molar-refractivity contribution < 1.29 is 4.79 Å². The van der Waals surface area contributed by atoms with Crippen LogP contribution in [0.15, 0.2) is 47.6 Å². The molecule has 1 aromatic heterocycles. The molecule has 26 heavy (non-hydrogen) atoms. The predicted molar refractivity (Wildman–Crippen MR) is 99.1 cm³/mol.